The number of imidazole rings is 1. The third-order valence-electron chi connectivity index (χ3n) is 6.86. The Kier molecular flexibility index (Phi) is 8.32. The molecule has 0 aliphatic carbocycles. The average molecular weight is 607 g/mol. The molecular formula is C31H29F3N6O2S. The number of amidine groups is 1. The van der Waals surface area contributed by atoms with Gasteiger partial charge in [-0.1, -0.05) is 43.8 Å². The van der Waals surface area contributed by atoms with Crippen LogP contribution in [0.4, 0.5) is 35.0 Å². The minimum atomic E-state index is -4.40. The lowest BCUT2D eigenvalue weighted by atomic mass is 9.99. The molecule has 43 heavy (non-hydrogen) atoms. The first-order valence-corrected chi connectivity index (χ1v) is 14.4. The number of hydrogen-bond donors (Lipinski definition) is 1. The second-order valence-corrected chi connectivity index (χ2v) is 11.4. The van der Waals surface area contributed by atoms with E-state index in [-0.39, 0.29) is 17.6 Å². The number of amides is 3. The highest BCUT2D eigenvalue weighted by Crippen LogP contribution is 2.36. The van der Waals surface area contributed by atoms with E-state index in [0.717, 1.165) is 28.9 Å². The van der Waals surface area contributed by atoms with Crippen LogP contribution in [0.5, 0.6) is 0 Å². The first kappa shape index (κ1) is 29.9. The van der Waals surface area contributed by atoms with Gasteiger partial charge in [0, 0.05) is 42.9 Å². The second kappa shape index (κ2) is 12.0. The van der Waals surface area contributed by atoms with E-state index in [1.165, 1.54) is 35.1 Å². The van der Waals surface area contributed by atoms with Crippen molar-refractivity contribution < 1.29 is 22.8 Å². The summed E-state index contributed by atoms with van der Waals surface area (Å²) in [6, 6.07) is 17.1. The smallest absolute Gasteiger partial charge is 0.378 e. The lowest BCUT2D eigenvalue weighted by Gasteiger charge is -2.24. The third kappa shape index (κ3) is 6.59. The Hall–Kier alpha value is -4.58. The van der Waals surface area contributed by atoms with Gasteiger partial charge in [-0.2, -0.15) is 18.2 Å². The van der Waals surface area contributed by atoms with Crippen molar-refractivity contribution >= 4 is 45.9 Å². The Morgan fingerprint density at radius 3 is 2.37 bits per heavy atom. The van der Waals surface area contributed by atoms with Gasteiger partial charge in [-0.05, 0) is 60.0 Å². The SMILES string of the molecule is CC(C)c1ccc(N(C)C)cc1N1C(=O)CS/C1=N\C(=O)Nc1ccc(-c2cn(-c3ccc(C(F)(F)F)cc3)cn2)cc1. The molecule has 222 valence electrons. The number of aliphatic imine (C=N–C) groups is 1. The van der Waals surface area contributed by atoms with Gasteiger partial charge in [0.2, 0.25) is 5.91 Å². The van der Waals surface area contributed by atoms with E-state index in [1.807, 2.05) is 51.0 Å². The molecule has 0 radical (unpaired) electrons. The molecule has 1 aliphatic heterocycles. The number of halogens is 3. The quantitative estimate of drug-likeness (QED) is 0.247. The summed E-state index contributed by atoms with van der Waals surface area (Å²) in [5.74, 6) is 0.192. The summed E-state index contributed by atoms with van der Waals surface area (Å²) in [7, 11) is 3.85. The Labute approximate surface area is 251 Å². The van der Waals surface area contributed by atoms with Crippen molar-refractivity contribution in [2.75, 3.05) is 35.0 Å². The van der Waals surface area contributed by atoms with Crippen LogP contribution < -0.4 is 15.1 Å². The van der Waals surface area contributed by atoms with E-state index in [9.17, 15) is 22.8 Å². The summed E-state index contributed by atoms with van der Waals surface area (Å²) in [5.41, 5.74) is 4.30. The number of carbonyl (C=O) groups is 2. The summed E-state index contributed by atoms with van der Waals surface area (Å²) in [6.45, 7) is 4.10. The molecule has 5 rings (SSSR count). The fraction of sp³-hybridized carbons (Fsp3) is 0.226. The van der Waals surface area contributed by atoms with Crippen molar-refractivity contribution in [2.45, 2.75) is 25.9 Å². The Morgan fingerprint density at radius 1 is 1.05 bits per heavy atom. The number of benzene rings is 3. The topological polar surface area (TPSA) is 82.8 Å². The van der Waals surface area contributed by atoms with E-state index < -0.39 is 17.8 Å². The summed E-state index contributed by atoms with van der Waals surface area (Å²) in [6.07, 6.45) is -1.17. The van der Waals surface area contributed by atoms with Gasteiger partial charge in [-0.25, -0.2) is 9.78 Å². The van der Waals surface area contributed by atoms with Crippen LogP contribution in [0.3, 0.4) is 0 Å². The minimum absolute atomic E-state index is 0.144. The molecule has 0 saturated carbocycles. The highest BCUT2D eigenvalue weighted by Gasteiger charge is 2.33. The molecule has 1 fully saturated rings. The number of thioether (sulfide) groups is 1. The minimum Gasteiger partial charge on any atom is -0.378 e. The summed E-state index contributed by atoms with van der Waals surface area (Å²) < 4.78 is 40.2. The molecule has 0 spiro atoms. The molecule has 1 saturated heterocycles. The number of alkyl halides is 3. The zero-order valence-electron chi connectivity index (χ0n) is 23.9. The van der Waals surface area contributed by atoms with E-state index >= 15 is 0 Å². The number of nitrogens with zero attached hydrogens (tertiary/aromatic N) is 5. The van der Waals surface area contributed by atoms with E-state index in [0.29, 0.717) is 27.9 Å². The number of urea groups is 1. The molecule has 0 unspecified atom stereocenters. The van der Waals surface area contributed by atoms with Crippen molar-refractivity contribution in [3.05, 3.63) is 90.4 Å². The normalized spacial score (nSPS) is 14.6. The monoisotopic (exact) mass is 606 g/mol. The van der Waals surface area contributed by atoms with Crippen molar-refractivity contribution in [3.8, 4) is 16.9 Å². The summed E-state index contributed by atoms with van der Waals surface area (Å²) in [5, 5.41) is 3.06. The molecule has 0 atom stereocenters. The van der Waals surface area contributed by atoms with Gasteiger partial charge in [-0.3, -0.25) is 9.69 Å². The largest absolute Gasteiger partial charge is 0.416 e. The van der Waals surface area contributed by atoms with Gasteiger partial charge in [0.05, 0.1) is 29.0 Å². The van der Waals surface area contributed by atoms with Crippen molar-refractivity contribution in [2.24, 2.45) is 4.99 Å². The molecule has 1 aromatic heterocycles. The van der Waals surface area contributed by atoms with E-state index in [2.05, 4.69) is 15.3 Å². The fourth-order valence-corrected chi connectivity index (χ4v) is 5.43. The zero-order chi connectivity index (χ0) is 30.9. The molecule has 12 heteroatoms. The molecule has 2 heterocycles. The lowest BCUT2D eigenvalue weighted by Crippen LogP contribution is -2.31. The second-order valence-electron chi connectivity index (χ2n) is 10.4. The Balaban J connectivity index is 1.30. The Bertz CT molecular complexity index is 1680. The lowest BCUT2D eigenvalue weighted by molar-refractivity contribution is -0.137. The summed E-state index contributed by atoms with van der Waals surface area (Å²) >= 11 is 1.21. The van der Waals surface area contributed by atoms with E-state index in [1.54, 1.807) is 35.0 Å². The van der Waals surface area contributed by atoms with Crippen molar-refractivity contribution in [1.29, 1.82) is 0 Å². The number of aromatic nitrogens is 2. The number of carbonyl (C=O) groups excluding carboxylic acids is 2. The maximum Gasteiger partial charge on any atom is 0.416 e. The third-order valence-corrected chi connectivity index (χ3v) is 7.79. The molecule has 1 N–H and O–H groups in total. The predicted molar refractivity (Wildman–Crippen MR) is 165 cm³/mol. The van der Waals surface area contributed by atoms with Crippen LogP contribution in [-0.2, 0) is 11.0 Å². The molecule has 3 aromatic carbocycles. The molecule has 8 nitrogen and oxygen atoms in total. The van der Waals surface area contributed by atoms with Gasteiger partial charge in [0.25, 0.3) is 0 Å². The highest BCUT2D eigenvalue weighted by molar-refractivity contribution is 8.15. The molecule has 1 aliphatic rings. The van der Waals surface area contributed by atoms with Gasteiger partial charge < -0.3 is 14.8 Å². The predicted octanol–water partition coefficient (Wildman–Crippen LogP) is 7.42. The van der Waals surface area contributed by atoms with Gasteiger partial charge in [0.1, 0.15) is 0 Å². The van der Waals surface area contributed by atoms with Crippen LogP contribution in [0.2, 0.25) is 0 Å². The Morgan fingerprint density at radius 2 is 1.74 bits per heavy atom. The van der Waals surface area contributed by atoms with E-state index in [4.69, 9.17) is 0 Å². The maximum absolute atomic E-state index is 12.9. The molecule has 4 aromatic rings. The molecular weight excluding hydrogens is 577 g/mol. The van der Waals surface area contributed by atoms with Crippen LogP contribution in [0.15, 0.2) is 84.2 Å². The first-order valence-electron chi connectivity index (χ1n) is 13.4. The van der Waals surface area contributed by atoms with Gasteiger partial charge in [-0.15, -0.1) is 0 Å². The number of nitrogens with one attached hydrogen (secondary N) is 1. The summed E-state index contributed by atoms with van der Waals surface area (Å²) in [4.78, 5) is 37.9. The number of anilines is 3. The average Bonchev–Trinajstić information content (AvgIpc) is 3.59. The molecule has 3 amide bonds. The van der Waals surface area contributed by atoms with Gasteiger partial charge >= 0.3 is 12.2 Å². The number of hydrogen-bond acceptors (Lipinski definition) is 5. The van der Waals surface area contributed by atoms with Crippen LogP contribution in [0, 0.1) is 0 Å². The zero-order valence-corrected chi connectivity index (χ0v) is 24.7. The van der Waals surface area contributed by atoms with Crippen LogP contribution >= 0.6 is 11.8 Å². The van der Waals surface area contributed by atoms with Crippen molar-refractivity contribution in [1.82, 2.24) is 9.55 Å². The fourth-order valence-electron chi connectivity index (χ4n) is 4.57. The van der Waals surface area contributed by atoms with Crippen LogP contribution in [0.25, 0.3) is 16.9 Å². The molecule has 0 bridgehead atoms. The van der Waals surface area contributed by atoms with Gasteiger partial charge in [0.15, 0.2) is 5.17 Å². The maximum atomic E-state index is 12.9. The van der Waals surface area contributed by atoms with Crippen LogP contribution in [-0.4, -0.2) is 46.5 Å². The van der Waals surface area contributed by atoms with Crippen LogP contribution in [0.1, 0.15) is 30.9 Å². The highest BCUT2D eigenvalue weighted by atomic mass is 32.2. The standard InChI is InChI=1S/C31H29F3N6O2S/c1-19(2)25-14-13-24(38(3)4)15-27(25)40-28(41)17-43-30(40)37-29(42)36-22-9-5-20(6-10-22)26-16-39(18-35-26)23-11-7-21(8-12-23)31(32,33)34/h5-16,18-19H,17H2,1-4H3,(H,36,42)/b37-30-. The van der Waals surface area contributed by atoms with Crippen molar-refractivity contribution in [3.63, 3.8) is 0 Å². The first-order chi connectivity index (χ1) is 20.4. The number of rotatable bonds is 6.